The highest BCUT2D eigenvalue weighted by atomic mass is 16.6. The van der Waals surface area contributed by atoms with E-state index in [-0.39, 0.29) is 10.6 Å². The van der Waals surface area contributed by atoms with Gasteiger partial charge < -0.3 is 5.32 Å². The lowest BCUT2D eigenvalue weighted by molar-refractivity contribution is -0.383. The third-order valence-corrected chi connectivity index (χ3v) is 3.66. The molecule has 98 valence electrons. The molecule has 0 aliphatic heterocycles. The zero-order chi connectivity index (χ0) is 13.4. The van der Waals surface area contributed by atoms with Crippen molar-refractivity contribution >= 4 is 22.3 Å². The molecule has 1 unspecified atom stereocenters. The number of fused-ring (bicyclic) bond motifs is 1. The highest BCUT2D eigenvalue weighted by Gasteiger charge is 2.28. The Bertz CT molecular complexity index is 638. The Labute approximate surface area is 110 Å². The second-order valence-corrected chi connectivity index (χ2v) is 5.06. The molecule has 5 heteroatoms. The first kappa shape index (κ1) is 11.9. The number of rotatable bonds is 4. The Balaban J connectivity index is 2.05. The van der Waals surface area contributed by atoms with Crippen LogP contribution in [0, 0.1) is 16.0 Å². The molecule has 1 N–H and O–H groups in total. The predicted octanol–water partition coefficient (Wildman–Crippen LogP) is 3.35. The molecule has 1 aliphatic carbocycles. The van der Waals surface area contributed by atoms with Gasteiger partial charge in [-0.2, -0.15) is 0 Å². The second kappa shape index (κ2) is 4.50. The van der Waals surface area contributed by atoms with Gasteiger partial charge in [-0.1, -0.05) is 0 Å². The van der Waals surface area contributed by atoms with Crippen molar-refractivity contribution in [1.29, 1.82) is 0 Å². The lowest BCUT2D eigenvalue weighted by Crippen LogP contribution is -2.17. The van der Waals surface area contributed by atoms with Gasteiger partial charge in [-0.15, -0.1) is 0 Å². The van der Waals surface area contributed by atoms with Crippen LogP contribution in [0.1, 0.15) is 19.8 Å². The molecule has 0 radical (unpaired) electrons. The fourth-order valence-corrected chi connectivity index (χ4v) is 2.39. The number of nitro benzene ring substituents is 1. The summed E-state index contributed by atoms with van der Waals surface area (Å²) in [6, 6.07) is 7.37. The van der Waals surface area contributed by atoms with Gasteiger partial charge in [0.2, 0.25) is 0 Å². The third kappa shape index (κ3) is 2.23. The number of non-ortho nitro benzene ring substituents is 1. The van der Waals surface area contributed by atoms with Crippen molar-refractivity contribution in [2.24, 2.45) is 5.92 Å². The Morgan fingerprint density at radius 1 is 1.42 bits per heavy atom. The van der Waals surface area contributed by atoms with E-state index >= 15 is 0 Å². The average molecular weight is 257 g/mol. The van der Waals surface area contributed by atoms with Crippen LogP contribution in [0.3, 0.4) is 0 Å². The summed E-state index contributed by atoms with van der Waals surface area (Å²) in [6.07, 6.45) is 4.11. The van der Waals surface area contributed by atoms with E-state index in [2.05, 4.69) is 17.2 Å². The van der Waals surface area contributed by atoms with E-state index in [9.17, 15) is 10.1 Å². The Kier molecular flexibility index (Phi) is 2.81. The molecule has 1 aliphatic rings. The van der Waals surface area contributed by atoms with Gasteiger partial charge in [-0.05, 0) is 43.9 Å². The van der Waals surface area contributed by atoms with Crippen molar-refractivity contribution in [1.82, 2.24) is 4.98 Å². The Morgan fingerprint density at radius 3 is 2.89 bits per heavy atom. The largest absolute Gasteiger partial charge is 0.382 e. The summed E-state index contributed by atoms with van der Waals surface area (Å²) in [6.45, 7) is 2.15. The van der Waals surface area contributed by atoms with Gasteiger partial charge in [0, 0.05) is 29.4 Å². The first-order valence-electron chi connectivity index (χ1n) is 6.45. The minimum atomic E-state index is -0.385. The fraction of sp³-hybridized carbons (Fsp3) is 0.357. The number of hydrogen-bond donors (Lipinski definition) is 1. The van der Waals surface area contributed by atoms with Crippen LogP contribution >= 0.6 is 0 Å². The van der Waals surface area contributed by atoms with Crippen LogP contribution in [0.15, 0.2) is 30.5 Å². The van der Waals surface area contributed by atoms with Crippen molar-refractivity contribution in [3.05, 3.63) is 40.6 Å². The highest BCUT2D eigenvalue weighted by molar-refractivity contribution is 5.96. The maximum atomic E-state index is 11.0. The summed E-state index contributed by atoms with van der Waals surface area (Å²) in [4.78, 5) is 14.8. The van der Waals surface area contributed by atoms with Crippen molar-refractivity contribution in [2.75, 3.05) is 5.32 Å². The number of nitrogens with zero attached hydrogens (tertiary/aromatic N) is 2. The van der Waals surface area contributed by atoms with Crippen LogP contribution in [0.4, 0.5) is 11.4 Å². The lowest BCUT2D eigenvalue weighted by atomic mass is 10.1. The van der Waals surface area contributed by atoms with E-state index in [0.717, 1.165) is 17.0 Å². The smallest absolute Gasteiger partial charge is 0.295 e. The Morgan fingerprint density at radius 2 is 2.21 bits per heavy atom. The van der Waals surface area contributed by atoms with Gasteiger partial charge >= 0.3 is 0 Å². The van der Waals surface area contributed by atoms with E-state index in [1.807, 2.05) is 6.07 Å². The van der Waals surface area contributed by atoms with E-state index in [0.29, 0.717) is 11.6 Å². The molecule has 5 nitrogen and oxygen atoms in total. The molecule has 1 aromatic heterocycles. The van der Waals surface area contributed by atoms with Crippen molar-refractivity contribution in [3.63, 3.8) is 0 Å². The highest BCUT2D eigenvalue weighted by Crippen LogP contribution is 2.36. The summed E-state index contributed by atoms with van der Waals surface area (Å²) < 4.78 is 0. The van der Waals surface area contributed by atoms with Crippen LogP contribution in [0.5, 0.6) is 0 Å². The number of hydrogen-bond acceptors (Lipinski definition) is 4. The molecule has 0 spiro atoms. The lowest BCUT2D eigenvalue weighted by Gasteiger charge is -2.16. The van der Waals surface area contributed by atoms with Crippen LogP contribution in [0.25, 0.3) is 10.9 Å². The Hall–Kier alpha value is -2.17. The molecule has 1 fully saturated rings. The predicted molar refractivity (Wildman–Crippen MR) is 74.2 cm³/mol. The monoisotopic (exact) mass is 257 g/mol. The summed E-state index contributed by atoms with van der Waals surface area (Å²) in [5.41, 5.74) is 1.42. The normalized spacial score (nSPS) is 16.3. The summed E-state index contributed by atoms with van der Waals surface area (Å²) in [7, 11) is 0. The molecule has 1 heterocycles. The summed E-state index contributed by atoms with van der Waals surface area (Å²) >= 11 is 0. The van der Waals surface area contributed by atoms with Gasteiger partial charge in [0.05, 0.1) is 4.92 Å². The van der Waals surface area contributed by atoms with Gasteiger partial charge in [0.1, 0.15) is 5.52 Å². The minimum absolute atomic E-state index is 0.0558. The SMILES string of the molecule is CC(Nc1ccc([N+](=O)[O-])c2ncccc12)C1CC1. The van der Waals surface area contributed by atoms with Gasteiger partial charge in [-0.3, -0.25) is 10.1 Å². The molecule has 1 saturated carbocycles. The third-order valence-electron chi connectivity index (χ3n) is 3.66. The van der Waals surface area contributed by atoms with Crippen LogP contribution in [-0.4, -0.2) is 15.9 Å². The number of benzene rings is 1. The van der Waals surface area contributed by atoms with E-state index in [4.69, 9.17) is 0 Å². The van der Waals surface area contributed by atoms with Gasteiger partial charge in [0.25, 0.3) is 5.69 Å². The molecule has 1 atom stereocenters. The number of pyridine rings is 1. The van der Waals surface area contributed by atoms with Crippen LogP contribution < -0.4 is 5.32 Å². The van der Waals surface area contributed by atoms with E-state index < -0.39 is 0 Å². The first-order valence-corrected chi connectivity index (χ1v) is 6.45. The molecule has 0 amide bonds. The minimum Gasteiger partial charge on any atom is -0.382 e. The zero-order valence-corrected chi connectivity index (χ0v) is 10.7. The van der Waals surface area contributed by atoms with Crippen LogP contribution in [-0.2, 0) is 0 Å². The van der Waals surface area contributed by atoms with Crippen molar-refractivity contribution < 1.29 is 4.92 Å². The van der Waals surface area contributed by atoms with E-state index in [1.54, 1.807) is 18.3 Å². The summed E-state index contributed by atoms with van der Waals surface area (Å²) in [5, 5.41) is 15.3. The number of nitrogens with one attached hydrogen (secondary N) is 1. The molecule has 2 aromatic rings. The number of nitro groups is 1. The molecular formula is C14H15N3O2. The second-order valence-electron chi connectivity index (χ2n) is 5.06. The van der Waals surface area contributed by atoms with E-state index in [1.165, 1.54) is 18.9 Å². The average Bonchev–Trinajstić information content (AvgIpc) is 3.23. The topological polar surface area (TPSA) is 68.1 Å². The number of aromatic nitrogens is 1. The van der Waals surface area contributed by atoms with Gasteiger partial charge in [0.15, 0.2) is 0 Å². The molecule has 19 heavy (non-hydrogen) atoms. The number of anilines is 1. The van der Waals surface area contributed by atoms with Crippen molar-refractivity contribution in [2.45, 2.75) is 25.8 Å². The van der Waals surface area contributed by atoms with Crippen LogP contribution in [0.2, 0.25) is 0 Å². The molecule has 3 rings (SSSR count). The van der Waals surface area contributed by atoms with Crippen molar-refractivity contribution in [3.8, 4) is 0 Å². The molecular weight excluding hydrogens is 242 g/mol. The molecule has 1 aromatic carbocycles. The standard InChI is InChI=1S/C14H15N3O2/c1-9(10-4-5-10)16-12-6-7-13(17(18)19)14-11(12)3-2-8-15-14/h2-3,6-10,16H,4-5H2,1H3. The zero-order valence-electron chi connectivity index (χ0n) is 10.7. The summed E-state index contributed by atoms with van der Waals surface area (Å²) in [5.74, 6) is 0.724. The van der Waals surface area contributed by atoms with Gasteiger partial charge in [-0.25, -0.2) is 4.98 Å². The maximum Gasteiger partial charge on any atom is 0.295 e. The maximum absolute atomic E-state index is 11.0. The fourth-order valence-electron chi connectivity index (χ4n) is 2.39. The first-order chi connectivity index (χ1) is 9.16. The molecule has 0 bridgehead atoms. The molecule has 0 saturated heterocycles. The quantitative estimate of drug-likeness (QED) is 0.673.